The molecule has 0 aliphatic carbocycles. The fourth-order valence-electron chi connectivity index (χ4n) is 2.60. The van der Waals surface area contributed by atoms with Crippen LogP contribution in [-0.2, 0) is 0 Å². The quantitative estimate of drug-likeness (QED) is 0.804. The molecule has 0 aromatic heterocycles. The van der Waals surface area contributed by atoms with Crippen molar-refractivity contribution in [2.24, 2.45) is 5.92 Å². The molecule has 104 valence electrons. The highest BCUT2D eigenvalue weighted by molar-refractivity contribution is 14.1. The number of hydrogen-bond donors (Lipinski definition) is 1. The van der Waals surface area contributed by atoms with Crippen molar-refractivity contribution in [2.45, 2.75) is 32.6 Å². The molecule has 0 bridgehead atoms. The number of nitrogens with zero attached hydrogens (tertiary/aromatic N) is 1. The maximum atomic E-state index is 12.4. The molecule has 0 saturated carbocycles. The highest BCUT2D eigenvalue weighted by Crippen LogP contribution is 2.24. The van der Waals surface area contributed by atoms with Gasteiger partial charge in [-0.3, -0.25) is 4.79 Å². The van der Waals surface area contributed by atoms with Gasteiger partial charge in [0.1, 0.15) is 5.75 Å². The summed E-state index contributed by atoms with van der Waals surface area (Å²) in [6.45, 7) is 3.89. The van der Waals surface area contributed by atoms with Crippen LogP contribution in [0.4, 0.5) is 0 Å². The van der Waals surface area contributed by atoms with Gasteiger partial charge in [0.25, 0.3) is 5.91 Å². The van der Waals surface area contributed by atoms with Gasteiger partial charge in [0.2, 0.25) is 0 Å². The lowest BCUT2D eigenvalue weighted by Gasteiger charge is -2.20. The lowest BCUT2D eigenvalue weighted by atomic mass is 9.98. The van der Waals surface area contributed by atoms with E-state index in [2.05, 4.69) is 29.5 Å². The Morgan fingerprint density at radius 1 is 1.42 bits per heavy atom. The van der Waals surface area contributed by atoms with Crippen LogP contribution in [0.2, 0.25) is 0 Å². The van der Waals surface area contributed by atoms with Gasteiger partial charge in [-0.05, 0) is 66.0 Å². The first-order valence-corrected chi connectivity index (χ1v) is 7.97. The van der Waals surface area contributed by atoms with Crippen LogP contribution < -0.4 is 0 Å². The number of aromatic hydroxyl groups is 1. The lowest BCUT2D eigenvalue weighted by Crippen LogP contribution is -2.32. The zero-order valence-corrected chi connectivity index (χ0v) is 13.4. The van der Waals surface area contributed by atoms with Gasteiger partial charge in [-0.1, -0.05) is 13.3 Å². The maximum absolute atomic E-state index is 12.4. The first kappa shape index (κ1) is 14.6. The Balaban J connectivity index is 2.08. The number of likely N-dealkylation sites (tertiary alicyclic amines) is 1. The molecule has 1 aliphatic rings. The SMILES string of the molecule is CCC1CCCN(C(=O)c2ccc(I)c(O)c2)CC1. The van der Waals surface area contributed by atoms with Gasteiger partial charge >= 0.3 is 0 Å². The third-order valence-corrected chi connectivity index (χ3v) is 4.82. The fourth-order valence-corrected chi connectivity index (χ4v) is 2.94. The van der Waals surface area contributed by atoms with Gasteiger partial charge in [-0.25, -0.2) is 0 Å². The van der Waals surface area contributed by atoms with Crippen molar-refractivity contribution >= 4 is 28.5 Å². The molecule has 4 heteroatoms. The molecule has 0 radical (unpaired) electrons. The van der Waals surface area contributed by atoms with Gasteiger partial charge in [0.15, 0.2) is 0 Å². The van der Waals surface area contributed by atoms with Crippen LogP contribution in [0, 0.1) is 9.49 Å². The summed E-state index contributed by atoms with van der Waals surface area (Å²) in [6.07, 6.45) is 4.60. The number of amides is 1. The number of carbonyl (C=O) groups excluding carboxylic acids is 1. The Kier molecular flexibility index (Phi) is 5.07. The molecule has 2 rings (SSSR count). The molecule has 1 unspecified atom stereocenters. The summed E-state index contributed by atoms with van der Waals surface area (Å²) in [6, 6.07) is 5.16. The summed E-state index contributed by atoms with van der Waals surface area (Å²) in [5, 5.41) is 9.70. The van der Waals surface area contributed by atoms with E-state index in [0.717, 1.165) is 35.4 Å². The van der Waals surface area contributed by atoms with Crippen molar-refractivity contribution < 1.29 is 9.90 Å². The summed E-state index contributed by atoms with van der Waals surface area (Å²) in [4.78, 5) is 14.4. The summed E-state index contributed by atoms with van der Waals surface area (Å²) >= 11 is 2.06. The topological polar surface area (TPSA) is 40.5 Å². The van der Waals surface area contributed by atoms with E-state index >= 15 is 0 Å². The summed E-state index contributed by atoms with van der Waals surface area (Å²) in [5.74, 6) is 0.985. The van der Waals surface area contributed by atoms with E-state index in [0.29, 0.717) is 5.56 Å². The van der Waals surface area contributed by atoms with Crippen LogP contribution in [0.5, 0.6) is 5.75 Å². The molecule has 3 nitrogen and oxygen atoms in total. The maximum Gasteiger partial charge on any atom is 0.253 e. The second-order valence-corrected chi connectivity index (χ2v) is 6.33. The van der Waals surface area contributed by atoms with E-state index in [1.54, 1.807) is 18.2 Å². The number of phenolic OH excluding ortho intramolecular Hbond substituents is 1. The Bertz CT molecular complexity index is 461. The molecular weight excluding hydrogens is 353 g/mol. The van der Waals surface area contributed by atoms with Gasteiger partial charge in [-0.2, -0.15) is 0 Å². The third kappa shape index (κ3) is 3.61. The van der Waals surface area contributed by atoms with Crippen molar-refractivity contribution in [1.82, 2.24) is 4.90 Å². The molecule has 1 aliphatic heterocycles. The molecule has 1 fully saturated rings. The van der Waals surface area contributed by atoms with Crippen LogP contribution >= 0.6 is 22.6 Å². The number of benzene rings is 1. The smallest absolute Gasteiger partial charge is 0.253 e. The predicted molar refractivity (Wildman–Crippen MR) is 84.4 cm³/mol. The second kappa shape index (κ2) is 6.59. The monoisotopic (exact) mass is 373 g/mol. The van der Waals surface area contributed by atoms with E-state index in [1.165, 1.54) is 12.8 Å². The van der Waals surface area contributed by atoms with Crippen molar-refractivity contribution in [3.05, 3.63) is 27.3 Å². The molecule has 1 saturated heterocycles. The van der Waals surface area contributed by atoms with Crippen molar-refractivity contribution in [3.8, 4) is 5.75 Å². The molecule has 1 amide bonds. The molecular formula is C15H20INO2. The Labute approximate surface area is 128 Å². The number of halogens is 1. The van der Waals surface area contributed by atoms with Crippen LogP contribution in [0.3, 0.4) is 0 Å². The normalized spacial score (nSPS) is 20.1. The Morgan fingerprint density at radius 2 is 2.21 bits per heavy atom. The first-order chi connectivity index (χ1) is 9.11. The summed E-state index contributed by atoms with van der Waals surface area (Å²) in [7, 11) is 0. The van der Waals surface area contributed by atoms with E-state index in [9.17, 15) is 9.90 Å². The highest BCUT2D eigenvalue weighted by Gasteiger charge is 2.21. The largest absolute Gasteiger partial charge is 0.507 e. The van der Waals surface area contributed by atoms with Crippen molar-refractivity contribution in [1.29, 1.82) is 0 Å². The molecule has 1 aromatic rings. The number of hydrogen-bond acceptors (Lipinski definition) is 2. The van der Waals surface area contributed by atoms with Gasteiger partial charge < -0.3 is 10.0 Å². The fraction of sp³-hybridized carbons (Fsp3) is 0.533. The predicted octanol–water partition coefficient (Wildman–Crippen LogP) is 3.65. The molecule has 19 heavy (non-hydrogen) atoms. The van der Waals surface area contributed by atoms with Crippen LogP contribution in [0.15, 0.2) is 18.2 Å². The molecule has 1 N–H and O–H groups in total. The van der Waals surface area contributed by atoms with E-state index in [1.807, 2.05) is 4.90 Å². The van der Waals surface area contributed by atoms with Gasteiger partial charge in [0, 0.05) is 18.7 Å². The zero-order chi connectivity index (χ0) is 13.8. The molecule has 1 atom stereocenters. The minimum Gasteiger partial charge on any atom is -0.507 e. The molecule has 1 heterocycles. The van der Waals surface area contributed by atoms with Gasteiger partial charge in [0.05, 0.1) is 3.57 Å². The second-order valence-electron chi connectivity index (χ2n) is 5.16. The number of carbonyl (C=O) groups is 1. The Hall–Kier alpha value is -0.780. The minimum atomic E-state index is 0.0449. The lowest BCUT2D eigenvalue weighted by molar-refractivity contribution is 0.0759. The third-order valence-electron chi connectivity index (χ3n) is 3.91. The number of phenols is 1. The zero-order valence-electron chi connectivity index (χ0n) is 11.2. The van der Waals surface area contributed by atoms with E-state index in [4.69, 9.17) is 0 Å². The standard InChI is InChI=1S/C15H20INO2/c1-2-11-4-3-8-17(9-7-11)15(19)12-5-6-13(16)14(18)10-12/h5-6,10-11,18H,2-4,7-9H2,1H3. The Morgan fingerprint density at radius 3 is 2.89 bits per heavy atom. The van der Waals surface area contributed by atoms with Crippen LogP contribution in [-0.4, -0.2) is 29.0 Å². The number of rotatable bonds is 2. The summed E-state index contributed by atoms with van der Waals surface area (Å²) < 4.78 is 0.774. The van der Waals surface area contributed by atoms with Gasteiger partial charge in [-0.15, -0.1) is 0 Å². The van der Waals surface area contributed by atoms with Crippen molar-refractivity contribution in [2.75, 3.05) is 13.1 Å². The van der Waals surface area contributed by atoms with Crippen LogP contribution in [0.25, 0.3) is 0 Å². The molecule has 1 aromatic carbocycles. The van der Waals surface area contributed by atoms with Crippen LogP contribution in [0.1, 0.15) is 43.0 Å². The van der Waals surface area contributed by atoms with Crippen molar-refractivity contribution in [3.63, 3.8) is 0 Å². The average molecular weight is 373 g/mol. The minimum absolute atomic E-state index is 0.0449. The summed E-state index contributed by atoms with van der Waals surface area (Å²) in [5.41, 5.74) is 0.591. The highest BCUT2D eigenvalue weighted by atomic mass is 127. The first-order valence-electron chi connectivity index (χ1n) is 6.89. The average Bonchev–Trinajstić information content (AvgIpc) is 2.66. The molecule has 0 spiro atoms. The van der Waals surface area contributed by atoms with E-state index in [-0.39, 0.29) is 11.7 Å². The van der Waals surface area contributed by atoms with E-state index < -0.39 is 0 Å².